The second kappa shape index (κ2) is 4.88. The molecule has 3 heteroatoms. The lowest BCUT2D eigenvalue weighted by molar-refractivity contribution is 0.294. The van der Waals surface area contributed by atoms with Crippen LogP contribution in [0, 0.1) is 5.92 Å². The third-order valence-electron chi connectivity index (χ3n) is 3.21. The van der Waals surface area contributed by atoms with E-state index in [0.29, 0.717) is 5.92 Å². The third-order valence-corrected chi connectivity index (χ3v) is 4.01. The van der Waals surface area contributed by atoms with Crippen LogP contribution in [0.1, 0.15) is 17.0 Å². The van der Waals surface area contributed by atoms with E-state index in [1.807, 2.05) is 12.3 Å². The molecule has 17 heavy (non-hydrogen) atoms. The van der Waals surface area contributed by atoms with E-state index in [0.717, 1.165) is 31.6 Å². The number of nitrogens with zero attached hydrogens (tertiary/aromatic N) is 1. The van der Waals surface area contributed by atoms with Crippen LogP contribution in [0.15, 0.2) is 35.8 Å². The Morgan fingerprint density at radius 2 is 2.29 bits per heavy atom. The topological polar surface area (TPSA) is 22.1 Å². The van der Waals surface area contributed by atoms with Gasteiger partial charge in [-0.25, -0.2) is 4.98 Å². The van der Waals surface area contributed by atoms with Crippen LogP contribution in [-0.2, 0) is 12.8 Å². The van der Waals surface area contributed by atoms with Gasteiger partial charge in [-0.15, -0.1) is 11.3 Å². The minimum absolute atomic E-state index is 0.657. The number of ether oxygens (including phenoxy) is 1. The Bertz CT molecular complexity index is 481. The van der Waals surface area contributed by atoms with Gasteiger partial charge in [-0.1, -0.05) is 18.2 Å². The monoisotopic (exact) mass is 245 g/mol. The molecule has 0 fully saturated rings. The first-order valence-electron chi connectivity index (χ1n) is 6.01. The summed E-state index contributed by atoms with van der Waals surface area (Å²) in [5.74, 6) is 1.72. The number of para-hydroxylation sites is 1. The molecule has 1 aliphatic heterocycles. The lowest BCUT2D eigenvalue weighted by atomic mass is 9.94. The Labute approximate surface area is 105 Å². The second-order valence-corrected chi connectivity index (χ2v) is 5.42. The molecule has 3 rings (SSSR count). The average Bonchev–Trinajstić information content (AvgIpc) is 2.76. The fourth-order valence-electron chi connectivity index (χ4n) is 2.34. The van der Waals surface area contributed by atoms with Gasteiger partial charge in [-0.3, -0.25) is 0 Å². The molecule has 0 amide bonds. The number of rotatable bonds is 2. The van der Waals surface area contributed by atoms with Crippen LogP contribution >= 0.6 is 11.3 Å². The highest BCUT2D eigenvalue weighted by Crippen LogP contribution is 2.28. The highest BCUT2D eigenvalue weighted by molar-refractivity contribution is 7.09. The van der Waals surface area contributed by atoms with Crippen molar-refractivity contribution >= 4 is 11.3 Å². The SMILES string of the molecule is c1ccc2c(c1)C[C@H](Cc1nccs1)CCO2. The number of aromatic nitrogens is 1. The molecule has 0 unspecified atom stereocenters. The fourth-order valence-corrected chi connectivity index (χ4v) is 3.07. The van der Waals surface area contributed by atoms with Gasteiger partial charge in [0.05, 0.1) is 11.6 Å². The summed E-state index contributed by atoms with van der Waals surface area (Å²) < 4.78 is 5.78. The van der Waals surface area contributed by atoms with E-state index in [4.69, 9.17) is 4.74 Å². The fraction of sp³-hybridized carbons (Fsp3) is 0.357. The molecule has 1 aromatic carbocycles. The van der Waals surface area contributed by atoms with Gasteiger partial charge >= 0.3 is 0 Å². The first-order chi connectivity index (χ1) is 8.42. The number of fused-ring (bicyclic) bond motifs is 1. The minimum Gasteiger partial charge on any atom is -0.493 e. The molecule has 0 radical (unpaired) electrons. The second-order valence-electron chi connectivity index (χ2n) is 4.44. The molecule has 2 heterocycles. The van der Waals surface area contributed by atoms with Crippen molar-refractivity contribution in [2.75, 3.05) is 6.61 Å². The molecule has 0 aliphatic carbocycles. The lowest BCUT2D eigenvalue weighted by Gasteiger charge is -2.11. The molecule has 2 nitrogen and oxygen atoms in total. The maximum Gasteiger partial charge on any atom is 0.122 e. The Morgan fingerprint density at radius 3 is 3.18 bits per heavy atom. The van der Waals surface area contributed by atoms with E-state index in [9.17, 15) is 0 Å². The van der Waals surface area contributed by atoms with Crippen molar-refractivity contribution in [2.24, 2.45) is 5.92 Å². The molecule has 2 aromatic rings. The van der Waals surface area contributed by atoms with E-state index < -0.39 is 0 Å². The Morgan fingerprint density at radius 1 is 1.35 bits per heavy atom. The van der Waals surface area contributed by atoms with E-state index >= 15 is 0 Å². The molecule has 0 spiro atoms. The standard InChI is InChI=1S/C14H15NOS/c1-2-4-13-12(3-1)9-11(5-7-16-13)10-14-15-6-8-17-14/h1-4,6,8,11H,5,7,9-10H2/t11-/m1/s1. The predicted molar refractivity (Wildman–Crippen MR) is 69.6 cm³/mol. The van der Waals surface area contributed by atoms with Crippen molar-refractivity contribution < 1.29 is 4.74 Å². The number of hydrogen-bond acceptors (Lipinski definition) is 3. The van der Waals surface area contributed by atoms with E-state index in [2.05, 4.69) is 28.6 Å². The van der Waals surface area contributed by atoms with Gasteiger partial charge in [0.25, 0.3) is 0 Å². The zero-order valence-corrected chi connectivity index (χ0v) is 10.5. The first kappa shape index (κ1) is 10.8. The number of thiazole rings is 1. The Kier molecular flexibility index (Phi) is 3.10. The number of hydrogen-bond donors (Lipinski definition) is 0. The third kappa shape index (κ3) is 2.50. The van der Waals surface area contributed by atoms with Crippen molar-refractivity contribution in [3.05, 3.63) is 46.4 Å². The van der Waals surface area contributed by atoms with Crippen LogP contribution in [-0.4, -0.2) is 11.6 Å². The van der Waals surface area contributed by atoms with Gasteiger partial charge in [0, 0.05) is 18.0 Å². The summed E-state index contributed by atoms with van der Waals surface area (Å²) in [6, 6.07) is 8.38. The van der Waals surface area contributed by atoms with E-state index in [-0.39, 0.29) is 0 Å². The summed E-state index contributed by atoms with van der Waals surface area (Å²) in [5, 5.41) is 3.30. The molecule has 0 N–H and O–H groups in total. The smallest absolute Gasteiger partial charge is 0.122 e. The first-order valence-corrected chi connectivity index (χ1v) is 6.89. The minimum atomic E-state index is 0.657. The van der Waals surface area contributed by atoms with Gasteiger partial charge in [-0.05, 0) is 30.4 Å². The predicted octanol–water partition coefficient (Wildman–Crippen LogP) is 3.33. The summed E-state index contributed by atoms with van der Waals surface area (Å²) in [5.41, 5.74) is 1.34. The van der Waals surface area contributed by atoms with Crippen LogP contribution in [0.3, 0.4) is 0 Å². The van der Waals surface area contributed by atoms with Gasteiger partial charge in [0.15, 0.2) is 0 Å². The van der Waals surface area contributed by atoms with E-state index in [1.54, 1.807) is 11.3 Å². The highest BCUT2D eigenvalue weighted by atomic mass is 32.1. The van der Waals surface area contributed by atoms with Crippen molar-refractivity contribution in [1.29, 1.82) is 0 Å². The molecule has 88 valence electrons. The van der Waals surface area contributed by atoms with Gasteiger partial charge in [0.1, 0.15) is 5.75 Å². The lowest BCUT2D eigenvalue weighted by Crippen LogP contribution is -2.08. The Hall–Kier alpha value is -1.35. The van der Waals surface area contributed by atoms with E-state index in [1.165, 1.54) is 10.6 Å². The molecule has 1 aliphatic rings. The molecule has 1 atom stereocenters. The summed E-state index contributed by atoms with van der Waals surface area (Å²) >= 11 is 1.75. The highest BCUT2D eigenvalue weighted by Gasteiger charge is 2.18. The zero-order valence-electron chi connectivity index (χ0n) is 9.63. The molecule has 1 aromatic heterocycles. The molecule has 0 saturated heterocycles. The molecule has 0 bridgehead atoms. The van der Waals surface area contributed by atoms with Crippen LogP contribution in [0.4, 0.5) is 0 Å². The molecular weight excluding hydrogens is 230 g/mol. The number of benzene rings is 1. The Balaban J connectivity index is 1.76. The van der Waals surface area contributed by atoms with Crippen LogP contribution in [0.5, 0.6) is 5.75 Å². The van der Waals surface area contributed by atoms with Gasteiger partial charge < -0.3 is 4.74 Å². The molecular formula is C14H15NOS. The summed E-state index contributed by atoms with van der Waals surface area (Å²) in [6.07, 6.45) is 5.19. The van der Waals surface area contributed by atoms with Crippen LogP contribution in [0.25, 0.3) is 0 Å². The zero-order chi connectivity index (χ0) is 11.5. The largest absolute Gasteiger partial charge is 0.493 e. The van der Waals surface area contributed by atoms with Gasteiger partial charge in [0.2, 0.25) is 0 Å². The summed E-state index contributed by atoms with van der Waals surface area (Å²) in [6.45, 7) is 0.826. The van der Waals surface area contributed by atoms with Gasteiger partial charge in [-0.2, -0.15) is 0 Å². The van der Waals surface area contributed by atoms with Crippen LogP contribution in [0.2, 0.25) is 0 Å². The molecule has 0 saturated carbocycles. The average molecular weight is 245 g/mol. The maximum absolute atomic E-state index is 5.78. The quantitative estimate of drug-likeness (QED) is 0.809. The van der Waals surface area contributed by atoms with Crippen molar-refractivity contribution in [3.63, 3.8) is 0 Å². The maximum atomic E-state index is 5.78. The summed E-state index contributed by atoms with van der Waals surface area (Å²) in [7, 11) is 0. The summed E-state index contributed by atoms with van der Waals surface area (Å²) in [4.78, 5) is 4.37. The normalized spacial score (nSPS) is 19.2. The van der Waals surface area contributed by atoms with Crippen molar-refractivity contribution in [3.8, 4) is 5.75 Å². The van der Waals surface area contributed by atoms with Crippen molar-refractivity contribution in [2.45, 2.75) is 19.3 Å². The van der Waals surface area contributed by atoms with Crippen molar-refractivity contribution in [1.82, 2.24) is 4.98 Å². The van der Waals surface area contributed by atoms with Crippen LogP contribution < -0.4 is 4.74 Å².